The van der Waals surface area contributed by atoms with E-state index in [2.05, 4.69) is 69.5 Å². The lowest BCUT2D eigenvalue weighted by atomic mass is 9.90. The first-order valence-electron chi connectivity index (χ1n) is 13.4. The number of benzene rings is 2. The predicted octanol–water partition coefficient (Wildman–Crippen LogP) is 4.98. The second-order valence-electron chi connectivity index (χ2n) is 9.87. The number of rotatable bonds is 8. The van der Waals surface area contributed by atoms with Crippen molar-refractivity contribution in [2.75, 3.05) is 45.8 Å². The molecule has 0 saturated carbocycles. The third-order valence-electron chi connectivity index (χ3n) is 7.64. The van der Waals surface area contributed by atoms with E-state index in [1.807, 2.05) is 12.1 Å². The summed E-state index contributed by atoms with van der Waals surface area (Å²) in [5, 5.41) is 3.12. The quantitative estimate of drug-likeness (QED) is 0.456. The third-order valence-corrected chi connectivity index (χ3v) is 7.64. The Morgan fingerprint density at radius 3 is 2.34 bits per heavy atom. The van der Waals surface area contributed by atoms with Crippen molar-refractivity contribution < 1.29 is 4.79 Å². The summed E-state index contributed by atoms with van der Waals surface area (Å²) in [4.78, 5) is 21.5. The monoisotopic (exact) mass is 470 g/mol. The number of hydrogen-bond acceptors (Lipinski definition) is 3. The van der Waals surface area contributed by atoms with E-state index < -0.39 is 0 Å². The SMILES string of the molecule is CCN1CCN(CCCNC(=O)c2ccc(-c3c(-c4ccccc4)[nH]c4c3CCCC4)cc2)CC1. The van der Waals surface area contributed by atoms with Crippen LogP contribution in [-0.2, 0) is 12.8 Å². The number of aryl methyl sites for hydroxylation is 1. The standard InChI is InChI=1S/C30H38N4O/c1-2-33-19-21-34(22-20-33)18-8-17-31-30(35)25-15-13-23(14-16-25)28-26-11-6-7-12-27(26)32-29(28)24-9-4-3-5-10-24/h3-5,9-10,13-16,32H,2,6-8,11-12,17-22H2,1H3,(H,31,35). The molecule has 1 aliphatic carbocycles. The number of nitrogens with zero attached hydrogens (tertiary/aromatic N) is 2. The second kappa shape index (κ2) is 11.2. The first-order valence-corrected chi connectivity index (χ1v) is 13.4. The Morgan fingerprint density at radius 2 is 1.60 bits per heavy atom. The van der Waals surface area contributed by atoms with Crippen LogP contribution in [0.5, 0.6) is 0 Å². The van der Waals surface area contributed by atoms with Gasteiger partial charge in [-0.2, -0.15) is 0 Å². The van der Waals surface area contributed by atoms with Crippen molar-refractivity contribution in [1.82, 2.24) is 20.1 Å². The summed E-state index contributed by atoms with van der Waals surface area (Å²) in [7, 11) is 0. The number of aromatic amines is 1. The van der Waals surface area contributed by atoms with Crippen molar-refractivity contribution in [3.63, 3.8) is 0 Å². The molecule has 1 fully saturated rings. The van der Waals surface area contributed by atoms with Crippen LogP contribution in [0.4, 0.5) is 0 Å². The lowest BCUT2D eigenvalue weighted by molar-refractivity contribution is 0.0948. The van der Waals surface area contributed by atoms with Crippen LogP contribution in [0.25, 0.3) is 22.4 Å². The van der Waals surface area contributed by atoms with Crippen LogP contribution in [0.1, 0.15) is 47.8 Å². The molecule has 35 heavy (non-hydrogen) atoms. The van der Waals surface area contributed by atoms with E-state index in [0.717, 1.165) is 70.6 Å². The average Bonchev–Trinajstić information content (AvgIpc) is 3.31. The van der Waals surface area contributed by atoms with Gasteiger partial charge in [0.2, 0.25) is 0 Å². The number of fused-ring (bicyclic) bond motifs is 1. The van der Waals surface area contributed by atoms with E-state index in [4.69, 9.17) is 0 Å². The maximum Gasteiger partial charge on any atom is 0.251 e. The van der Waals surface area contributed by atoms with Gasteiger partial charge in [0.25, 0.3) is 5.91 Å². The van der Waals surface area contributed by atoms with Gasteiger partial charge < -0.3 is 20.1 Å². The van der Waals surface area contributed by atoms with Crippen molar-refractivity contribution in [3.05, 3.63) is 71.4 Å². The van der Waals surface area contributed by atoms with Crippen molar-refractivity contribution >= 4 is 5.91 Å². The number of carbonyl (C=O) groups is 1. The molecule has 0 spiro atoms. The highest BCUT2D eigenvalue weighted by Crippen LogP contribution is 2.39. The molecule has 184 valence electrons. The Bertz CT molecular complexity index is 1110. The molecule has 1 amide bonds. The Labute approximate surface area is 209 Å². The first kappa shape index (κ1) is 23.8. The minimum atomic E-state index is 0.0201. The predicted molar refractivity (Wildman–Crippen MR) is 144 cm³/mol. The summed E-state index contributed by atoms with van der Waals surface area (Å²) in [5.41, 5.74) is 8.47. The summed E-state index contributed by atoms with van der Waals surface area (Å²) < 4.78 is 0. The average molecular weight is 471 g/mol. The van der Waals surface area contributed by atoms with Crippen molar-refractivity contribution in [2.24, 2.45) is 0 Å². The van der Waals surface area contributed by atoms with Gasteiger partial charge in [0.1, 0.15) is 0 Å². The number of nitrogens with one attached hydrogen (secondary N) is 2. The molecule has 5 rings (SSSR count). The van der Waals surface area contributed by atoms with Gasteiger partial charge in [-0.3, -0.25) is 4.79 Å². The zero-order chi connectivity index (χ0) is 24.0. The number of carbonyl (C=O) groups excluding carboxylic acids is 1. The van der Waals surface area contributed by atoms with Gasteiger partial charge in [-0.1, -0.05) is 49.4 Å². The molecule has 1 aliphatic heterocycles. The van der Waals surface area contributed by atoms with Crippen LogP contribution >= 0.6 is 0 Å². The minimum absolute atomic E-state index is 0.0201. The van der Waals surface area contributed by atoms with Crippen LogP contribution < -0.4 is 5.32 Å². The number of aromatic nitrogens is 1. The Morgan fingerprint density at radius 1 is 0.886 bits per heavy atom. The van der Waals surface area contributed by atoms with Crippen LogP contribution in [0.3, 0.4) is 0 Å². The second-order valence-corrected chi connectivity index (χ2v) is 9.87. The minimum Gasteiger partial charge on any atom is -0.358 e. The highest BCUT2D eigenvalue weighted by Gasteiger charge is 2.22. The molecule has 1 saturated heterocycles. The molecular weight excluding hydrogens is 432 g/mol. The molecule has 5 nitrogen and oxygen atoms in total. The smallest absolute Gasteiger partial charge is 0.251 e. The van der Waals surface area contributed by atoms with E-state index >= 15 is 0 Å². The number of hydrogen-bond donors (Lipinski definition) is 2. The lowest BCUT2D eigenvalue weighted by Crippen LogP contribution is -2.46. The molecule has 0 bridgehead atoms. The summed E-state index contributed by atoms with van der Waals surface area (Å²) in [6.07, 6.45) is 5.70. The van der Waals surface area contributed by atoms with Crippen molar-refractivity contribution in [1.29, 1.82) is 0 Å². The van der Waals surface area contributed by atoms with E-state index in [-0.39, 0.29) is 5.91 Å². The van der Waals surface area contributed by atoms with Crippen LogP contribution in [0.15, 0.2) is 54.6 Å². The highest BCUT2D eigenvalue weighted by molar-refractivity contribution is 5.95. The molecule has 2 aromatic carbocycles. The molecule has 2 N–H and O–H groups in total. The molecule has 0 unspecified atom stereocenters. The lowest BCUT2D eigenvalue weighted by Gasteiger charge is -2.33. The summed E-state index contributed by atoms with van der Waals surface area (Å²) in [6, 6.07) is 18.8. The summed E-state index contributed by atoms with van der Waals surface area (Å²) in [5.74, 6) is 0.0201. The molecule has 0 atom stereocenters. The van der Waals surface area contributed by atoms with Crippen LogP contribution in [-0.4, -0.2) is 66.5 Å². The summed E-state index contributed by atoms with van der Waals surface area (Å²) >= 11 is 0. The fourth-order valence-corrected chi connectivity index (χ4v) is 5.55. The van der Waals surface area contributed by atoms with Gasteiger partial charge in [0.15, 0.2) is 0 Å². The summed E-state index contributed by atoms with van der Waals surface area (Å²) in [6.45, 7) is 9.73. The normalized spacial score (nSPS) is 16.7. The number of amides is 1. The van der Waals surface area contributed by atoms with Crippen LogP contribution in [0, 0.1) is 0 Å². The highest BCUT2D eigenvalue weighted by atomic mass is 16.1. The van der Waals surface area contributed by atoms with Gasteiger partial charge in [-0.25, -0.2) is 0 Å². The van der Waals surface area contributed by atoms with Gasteiger partial charge >= 0.3 is 0 Å². The van der Waals surface area contributed by atoms with Gasteiger partial charge in [0, 0.05) is 49.5 Å². The molecule has 3 aromatic rings. The topological polar surface area (TPSA) is 51.4 Å². The van der Waals surface area contributed by atoms with E-state index in [1.54, 1.807) is 0 Å². The molecular formula is C30H38N4O. The van der Waals surface area contributed by atoms with Crippen molar-refractivity contribution in [2.45, 2.75) is 39.0 Å². The number of H-pyrrole nitrogens is 1. The van der Waals surface area contributed by atoms with Gasteiger partial charge in [-0.05, 0) is 74.0 Å². The van der Waals surface area contributed by atoms with E-state index in [9.17, 15) is 4.79 Å². The largest absolute Gasteiger partial charge is 0.358 e. The Kier molecular flexibility index (Phi) is 7.65. The zero-order valence-corrected chi connectivity index (χ0v) is 21.0. The maximum atomic E-state index is 12.8. The molecule has 1 aromatic heterocycles. The third kappa shape index (κ3) is 5.52. The first-order chi connectivity index (χ1) is 17.2. The number of piperazine rings is 1. The molecule has 2 aliphatic rings. The van der Waals surface area contributed by atoms with E-state index in [1.165, 1.54) is 46.5 Å². The fourth-order valence-electron chi connectivity index (χ4n) is 5.55. The van der Waals surface area contributed by atoms with Gasteiger partial charge in [0.05, 0.1) is 5.69 Å². The number of likely N-dealkylation sites (N-methyl/N-ethyl adjacent to an activating group) is 1. The zero-order valence-electron chi connectivity index (χ0n) is 21.0. The Balaban J connectivity index is 1.22. The van der Waals surface area contributed by atoms with Gasteiger partial charge in [-0.15, -0.1) is 0 Å². The van der Waals surface area contributed by atoms with E-state index in [0.29, 0.717) is 0 Å². The van der Waals surface area contributed by atoms with Crippen LogP contribution in [0.2, 0.25) is 0 Å². The molecule has 2 heterocycles. The Hall–Kier alpha value is -2.89. The van der Waals surface area contributed by atoms with Crippen molar-refractivity contribution in [3.8, 4) is 22.4 Å². The molecule has 0 radical (unpaired) electrons. The maximum absolute atomic E-state index is 12.8. The molecule has 5 heteroatoms. The fraction of sp³-hybridized carbons (Fsp3) is 0.433.